The molecule has 0 radical (unpaired) electrons. The van der Waals surface area contributed by atoms with Crippen LogP contribution >= 0.6 is 11.6 Å². The summed E-state index contributed by atoms with van der Waals surface area (Å²) in [6, 6.07) is 17.2. The van der Waals surface area contributed by atoms with Crippen molar-refractivity contribution in [1.82, 2.24) is 25.3 Å². The second kappa shape index (κ2) is 9.07. The molecule has 168 valence electrons. The van der Waals surface area contributed by atoms with Crippen molar-refractivity contribution >= 4 is 34.5 Å². The predicted octanol–water partition coefficient (Wildman–Crippen LogP) is 4.53. The highest BCUT2D eigenvalue weighted by Gasteiger charge is 2.28. The van der Waals surface area contributed by atoms with E-state index in [2.05, 4.69) is 32.5 Å². The van der Waals surface area contributed by atoms with E-state index in [1.165, 1.54) is 0 Å². The van der Waals surface area contributed by atoms with E-state index in [1.54, 1.807) is 18.2 Å². The molecule has 0 bridgehead atoms. The molecule has 1 aliphatic heterocycles. The summed E-state index contributed by atoms with van der Waals surface area (Å²) in [5, 5.41) is 10.9. The maximum atomic E-state index is 13.4. The Bertz CT molecular complexity index is 1290. The quantitative estimate of drug-likeness (QED) is 0.450. The van der Waals surface area contributed by atoms with E-state index < -0.39 is 0 Å². The fraction of sp³-hybridized carbons (Fsp3) is 0.250. The molecule has 4 aromatic rings. The molecule has 1 aliphatic rings. The molecule has 0 saturated carbocycles. The molecule has 2 aromatic heterocycles. The number of halogens is 1. The molecule has 33 heavy (non-hydrogen) atoms. The number of amides is 1. The normalized spacial score (nSPS) is 16.2. The van der Waals surface area contributed by atoms with Crippen LogP contribution in [0.4, 0.5) is 5.82 Å². The third-order valence-electron chi connectivity index (χ3n) is 5.91. The number of hydrogen-bond acceptors (Lipinski definition) is 6. The van der Waals surface area contributed by atoms with Crippen molar-refractivity contribution in [2.45, 2.75) is 31.9 Å². The lowest BCUT2D eigenvalue weighted by molar-refractivity contribution is 0.0611. The monoisotopic (exact) mass is 462 g/mol. The van der Waals surface area contributed by atoms with Gasteiger partial charge in [-0.3, -0.25) is 4.79 Å². The number of aromatic amines is 1. The van der Waals surface area contributed by atoms with E-state index in [0.29, 0.717) is 33.3 Å². The van der Waals surface area contributed by atoms with E-state index in [9.17, 15) is 4.79 Å². The molecule has 1 amide bonds. The molecule has 0 aliphatic carbocycles. The van der Waals surface area contributed by atoms with Crippen LogP contribution in [-0.2, 0) is 6.61 Å². The Morgan fingerprint density at radius 3 is 2.85 bits per heavy atom. The number of aromatic nitrogens is 4. The number of benzene rings is 2. The average molecular weight is 463 g/mol. The van der Waals surface area contributed by atoms with Crippen LogP contribution < -0.4 is 10.5 Å². The second-order valence-corrected chi connectivity index (χ2v) is 8.48. The Morgan fingerprint density at radius 2 is 2.03 bits per heavy atom. The van der Waals surface area contributed by atoms with Crippen molar-refractivity contribution in [2.75, 3.05) is 12.3 Å². The van der Waals surface area contributed by atoms with Gasteiger partial charge in [0.25, 0.3) is 5.91 Å². The first-order valence-electron chi connectivity index (χ1n) is 10.8. The van der Waals surface area contributed by atoms with Gasteiger partial charge in [-0.25, -0.2) is 10.1 Å². The summed E-state index contributed by atoms with van der Waals surface area (Å²) in [4.78, 5) is 19.5. The number of anilines is 1. The van der Waals surface area contributed by atoms with Crippen LogP contribution in [-0.4, -0.2) is 37.7 Å². The number of nitrogens with zero attached hydrogens (tertiary/aromatic N) is 4. The first kappa shape index (κ1) is 21.2. The first-order chi connectivity index (χ1) is 16.1. The highest BCUT2D eigenvalue weighted by Crippen LogP contribution is 2.33. The van der Waals surface area contributed by atoms with E-state index in [1.807, 2.05) is 29.2 Å². The number of likely N-dealkylation sites (tertiary alicyclic amines) is 1. The smallest absolute Gasteiger partial charge is 0.254 e. The fourth-order valence-electron chi connectivity index (χ4n) is 4.26. The van der Waals surface area contributed by atoms with Gasteiger partial charge in [0.15, 0.2) is 16.9 Å². The molecule has 9 heteroatoms. The molecule has 1 unspecified atom stereocenters. The van der Waals surface area contributed by atoms with Gasteiger partial charge in [-0.05, 0) is 37.0 Å². The van der Waals surface area contributed by atoms with Gasteiger partial charge in [-0.15, -0.1) is 5.10 Å². The first-order valence-corrected chi connectivity index (χ1v) is 11.2. The molecular weight excluding hydrogens is 440 g/mol. The fourth-order valence-corrected chi connectivity index (χ4v) is 4.49. The molecule has 2 aromatic carbocycles. The zero-order valence-electron chi connectivity index (χ0n) is 17.9. The Hall–Kier alpha value is -3.65. The number of ether oxygens (including phenoxy) is 1. The third-order valence-corrected chi connectivity index (χ3v) is 6.27. The van der Waals surface area contributed by atoms with Gasteiger partial charge in [0, 0.05) is 28.8 Å². The summed E-state index contributed by atoms with van der Waals surface area (Å²) in [5.74, 6) is 0.746. The number of nitrogens with two attached hydrogens (primary N) is 1. The standard InChI is InChI=1S/C24H23ClN6O2/c25-18-12-16(24(32)31-11-5-4-8-19(31)15-6-2-1-3-7-15)9-10-17(18)14-33-20-13-21(26)27-23-22(20)28-30-29-23/h1-3,6-7,9-10,12-13,19H,4-5,8,11,14H2,(H3,26,27,28,29,30). The van der Waals surface area contributed by atoms with Gasteiger partial charge in [0.2, 0.25) is 0 Å². The number of carbonyl (C=O) groups is 1. The molecule has 1 fully saturated rings. The summed E-state index contributed by atoms with van der Waals surface area (Å²) in [5.41, 5.74) is 9.25. The molecule has 1 saturated heterocycles. The van der Waals surface area contributed by atoms with Crippen molar-refractivity contribution in [3.8, 4) is 5.75 Å². The highest BCUT2D eigenvalue weighted by molar-refractivity contribution is 6.31. The average Bonchev–Trinajstić information content (AvgIpc) is 3.32. The zero-order valence-corrected chi connectivity index (χ0v) is 18.6. The lowest BCUT2D eigenvalue weighted by Gasteiger charge is -2.36. The number of piperidine rings is 1. The number of nitrogen functional groups attached to an aromatic ring is 1. The van der Waals surface area contributed by atoms with Crippen LogP contribution in [0.25, 0.3) is 11.2 Å². The Kier molecular flexibility index (Phi) is 5.83. The van der Waals surface area contributed by atoms with Gasteiger partial charge in [0.1, 0.15) is 12.4 Å². The number of hydrogen-bond donors (Lipinski definition) is 2. The Labute approximate surface area is 195 Å². The van der Waals surface area contributed by atoms with Crippen molar-refractivity contribution in [3.63, 3.8) is 0 Å². The predicted molar refractivity (Wildman–Crippen MR) is 126 cm³/mol. The second-order valence-electron chi connectivity index (χ2n) is 8.07. The number of pyridine rings is 1. The van der Waals surface area contributed by atoms with Crippen molar-refractivity contribution in [2.24, 2.45) is 0 Å². The van der Waals surface area contributed by atoms with Crippen LogP contribution in [0, 0.1) is 0 Å². The minimum absolute atomic E-state index is 0.0101. The summed E-state index contributed by atoms with van der Waals surface area (Å²) < 4.78 is 5.89. The van der Waals surface area contributed by atoms with Gasteiger partial charge in [-0.1, -0.05) is 53.2 Å². The number of nitrogens with one attached hydrogen (secondary N) is 1. The minimum atomic E-state index is -0.0101. The molecule has 8 nitrogen and oxygen atoms in total. The maximum absolute atomic E-state index is 13.4. The largest absolute Gasteiger partial charge is 0.486 e. The van der Waals surface area contributed by atoms with E-state index in [0.717, 1.165) is 36.9 Å². The van der Waals surface area contributed by atoms with Crippen LogP contribution in [0.15, 0.2) is 54.6 Å². The van der Waals surface area contributed by atoms with Crippen LogP contribution in [0.1, 0.15) is 46.8 Å². The van der Waals surface area contributed by atoms with Gasteiger partial charge in [0.05, 0.1) is 6.04 Å². The summed E-state index contributed by atoms with van der Waals surface area (Å²) in [6.07, 6.45) is 3.07. The summed E-state index contributed by atoms with van der Waals surface area (Å²) in [6.45, 7) is 0.924. The van der Waals surface area contributed by atoms with Crippen molar-refractivity contribution < 1.29 is 9.53 Å². The van der Waals surface area contributed by atoms with Crippen molar-refractivity contribution in [3.05, 3.63) is 76.3 Å². The lowest BCUT2D eigenvalue weighted by Crippen LogP contribution is -2.38. The topological polar surface area (TPSA) is 110 Å². The molecule has 1 atom stereocenters. The number of carbonyl (C=O) groups excluding carboxylic acids is 1. The van der Waals surface area contributed by atoms with Crippen LogP contribution in [0.2, 0.25) is 5.02 Å². The number of rotatable bonds is 5. The maximum Gasteiger partial charge on any atom is 0.254 e. The van der Waals surface area contributed by atoms with Gasteiger partial charge >= 0.3 is 0 Å². The van der Waals surface area contributed by atoms with Crippen LogP contribution in [0.5, 0.6) is 5.75 Å². The van der Waals surface area contributed by atoms with Gasteiger partial charge in [-0.2, -0.15) is 0 Å². The number of H-pyrrole nitrogens is 1. The van der Waals surface area contributed by atoms with E-state index in [4.69, 9.17) is 22.1 Å². The summed E-state index contributed by atoms with van der Waals surface area (Å²) in [7, 11) is 0. The Morgan fingerprint density at radius 1 is 1.18 bits per heavy atom. The highest BCUT2D eigenvalue weighted by atomic mass is 35.5. The molecule has 3 N–H and O–H groups in total. The van der Waals surface area contributed by atoms with Crippen molar-refractivity contribution in [1.29, 1.82) is 0 Å². The molecule has 5 rings (SSSR count). The minimum Gasteiger partial charge on any atom is -0.486 e. The lowest BCUT2D eigenvalue weighted by atomic mass is 9.94. The summed E-state index contributed by atoms with van der Waals surface area (Å²) >= 11 is 6.54. The molecule has 0 spiro atoms. The SMILES string of the molecule is Nc1cc(OCc2ccc(C(=O)N3CCCCC3c3ccccc3)cc2Cl)c2nn[nH]c2n1. The molecule has 3 heterocycles. The zero-order chi connectivity index (χ0) is 22.8. The number of fused-ring (bicyclic) bond motifs is 1. The van der Waals surface area contributed by atoms with Gasteiger partial charge < -0.3 is 15.4 Å². The van der Waals surface area contributed by atoms with E-state index >= 15 is 0 Å². The van der Waals surface area contributed by atoms with E-state index in [-0.39, 0.29) is 18.6 Å². The Balaban J connectivity index is 1.34. The third kappa shape index (κ3) is 4.34. The molecular formula is C24H23ClN6O2. The van der Waals surface area contributed by atoms with Crippen LogP contribution in [0.3, 0.4) is 0 Å².